The molecule has 6 heteroatoms. The highest BCUT2D eigenvalue weighted by Gasteiger charge is 1.98. The topological polar surface area (TPSA) is 78.9 Å². The van der Waals surface area contributed by atoms with E-state index < -0.39 is 11.1 Å². The minimum Gasteiger partial charge on any atom is -0.300 e. The van der Waals surface area contributed by atoms with Crippen molar-refractivity contribution in [2.75, 3.05) is 0 Å². The smallest absolute Gasteiger partial charge is 0.242 e. The van der Waals surface area contributed by atoms with Crippen molar-refractivity contribution in [3.63, 3.8) is 0 Å². The molecule has 5 nitrogen and oxygen atoms in total. The predicted molar refractivity (Wildman–Crippen MR) is 25.4 cm³/mol. The Balaban J connectivity index is 2.93. The summed E-state index contributed by atoms with van der Waals surface area (Å²) in [5.41, 5.74) is 0. The largest absolute Gasteiger partial charge is 0.300 e. The molecule has 0 aliphatic carbocycles. The van der Waals surface area contributed by atoms with Gasteiger partial charge in [0.2, 0.25) is 16.2 Å². The second kappa shape index (κ2) is 2.01. The Labute approximate surface area is 47.4 Å². The van der Waals surface area contributed by atoms with Crippen LogP contribution in [0.15, 0.2) is 11.5 Å². The molecule has 0 fully saturated rings. The summed E-state index contributed by atoms with van der Waals surface area (Å²) in [5.74, 6) is 0. The molecule has 1 aromatic rings. The molecule has 2 N–H and O–H groups in total. The average molecular weight is 133 g/mol. The zero-order chi connectivity index (χ0) is 5.98. The highest BCUT2D eigenvalue weighted by atomic mass is 32.2. The molecule has 0 amide bonds. The molecule has 0 aliphatic heterocycles. The van der Waals surface area contributed by atoms with Gasteiger partial charge in [-0.1, -0.05) is 0 Å². The van der Waals surface area contributed by atoms with Crippen molar-refractivity contribution in [2.45, 2.75) is 5.16 Å². The van der Waals surface area contributed by atoms with E-state index in [2.05, 4.69) is 15.2 Å². The van der Waals surface area contributed by atoms with Crippen molar-refractivity contribution in [3.8, 4) is 0 Å². The SMILES string of the molecule is O=S(O)c1ncn[nH]1. The van der Waals surface area contributed by atoms with E-state index in [1.807, 2.05) is 0 Å². The van der Waals surface area contributed by atoms with Crippen molar-refractivity contribution in [2.24, 2.45) is 0 Å². The monoisotopic (exact) mass is 133 g/mol. The summed E-state index contributed by atoms with van der Waals surface area (Å²) in [6.45, 7) is 0. The summed E-state index contributed by atoms with van der Waals surface area (Å²) < 4.78 is 18.3. The van der Waals surface area contributed by atoms with Crippen molar-refractivity contribution < 1.29 is 8.76 Å². The molecule has 0 spiro atoms. The van der Waals surface area contributed by atoms with Crippen LogP contribution in [0.1, 0.15) is 0 Å². The molecular formula is C2H3N3O2S. The summed E-state index contributed by atoms with van der Waals surface area (Å²) in [4.78, 5) is 3.40. The third kappa shape index (κ3) is 0.903. The molecule has 0 aromatic carbocycles. The molecule has 0 aliphatic rings. The summed E-state index contributed by atoms with van der Waals surface area (Å²) in [5, 5.41) is 5.56. The number of aromatic amines is 1. The highest BCUT2D eigenvalue weighted by molar-refractivity contribution is 7.79. The van der Waals surface area contributed by atoms with Crippen molar-refractivity contribution >= 4 is 11.1 Å². The Hall–Kier alpha value is -0.750. The molecular weight excluding hydrogens is 130 g/mol. The zero-order valence-electron chi connectivity index (χ0n) is 3.74. The van der Waals surface area contributed by atoms with E-state index in [9.17, 15) is 4.21 Å². The summed E-state index contributed by atoms with van der Waals surface area (Å²) in [6, 6.07) is 0. The maximum atomic E-state index is 10.0. The van der Waals surface area contributed by atoms with Gasteiger partial charge < -0.3 is 0 Å². The van der Waals surface area contributed by atoms with Gasteiger partial charge >= 0.3 is 0 Å². The van der Waals surface area contributed by atoms with Crippen LogP contribution < -0.4 is 0 Å². The van der Waals surface area contributed by atoms with Crippen LogP contribution in [-0.2, 0) is 11.1 Å². The quantitative estimate of drug-likeness (QED) is 0.500. The molecule has 0 saturated carbocycles. The van der Waals surface area contributed by atoms with Crippen LogP contribution in [0.5, 0.6) is 0 Å². The Bertz CT molecular complexity index is 183. The van der Waals surface area contributed by atoms with E-state index in [4.69, 9.17) is 4.55 Å². The molecule has 0 radical (unpaired) electrons. The van der Waals surface area contributed by atoms with Crippen LogP contribution >= 0.6 is 0 Å². The van der Waals surface area contributed by atoms with Crippen LogP contribution in [0.4, 0.5) is 0 Å². The van der Waals surface area contributed by atoms with Gasteiger partial charge in [-0.25, -0.2) is 9.19 Å². The number of aromatic nitrogens is 3. The van der Waals surface area contributed by atoms with E-state index >= 15 is 0 Å². The lowest BCUT2D eigenvalue weighted by Gasteiger charge is -1.78. The second-order valence-corrected chi connectivity index (χ2v) is 1.92. The van der Waals surface area contributed by atoms with Gasteiger partial charge in [0.05, 0.1) is 0 Å². The van der Waals surface area contributed by atoms with E-state index in [-0.39, 0.29) is 5.16 Å². The molecule has 0 bridgehead atoms. The molecule has 44 valence electrons. The fourth-order valence-electron chi connectivity index (χ4n) is 0.278. The maximum absolute atomic E-state index is 10.0. The first-order valence-electron chi connectivity index (χ1n) is 1.77. The molecule has 1 aromatic heterocycles. The Morgan fingerprint density at radius 1 is 1.88 bits per heavy atom. The molecule has 8 heavy (non-hydrogen) atoms. The standard InChI is InChI=1S/C2H3N3O2S/c6-8(7)2-3-1-4-5-2/h1H,(H,6,7)(H,3,4,5). The van der Waals surface area contributed by atoms with Crippen LogP contribution in [0.3, 0.4) is 0 Å². The lowest BCUT2D eigenvalue weighted by Crippen LogP contribution is -1.89. The van der Waals surface area contributed by atoms with Gasteiger partial charge in [0.25, 0.3) is 0 Å². The minimum atomic E-state index is -2.03. The van der Waals surface area contributed by atoms with Crippen molar-refractivity contribution in [3.05, 3.63) is 6.33 Å². The van der Waals surface area contributed by atoms with E-state index in [1.54, 1.807) is 0 Å². The van der Waals surface area contributed by atoms with Crippen LogP contribution in [0.25, 0.3) is 0 Å². The zero-order valence-corrected chi connectivity index (χ0v) is 4.55. The average Bonchev–Trinajstić information content (AvgIpc) is 2.12. The van der Waals surface area contributed by atoms with Crippen LogP contribution in [0, 0.1) is 0 Å². The van der Waals surface area contributed by atoms with E-state index in [0.29, 0.717) is 0 Å². The second-order valence-electron chi connectivity index (χ2n) is 1.04. The first-order chi connectivity index (χ1) is 3.80. The van der Waals surface area contributed by atoms with Gasteiger partial charge in [0.15, 0.2) is 0 Å². The number of rotatable bonds is 1. The summed E-state index contributed by atoms with van der Waals surface area (Å²) in [7, 11) is 0. The third-order valence-electron chi connectivity index (χ3n) is 0.558. The normalized spacial score (nSPS) is 13.6. The maximum Gasteiger partial charge on any atom is 0.242 e. The van der Waals surface area contributed by atoms with Gasteiger partial charge in [-0.3, -0.25) is 9.65 Å². The van der Waals surface area contributed by atoms with Crippen molar-refractivity contribution in [1.29, 1.82) is 0 Å². The van der Waals surface area contributed by atoms with Gasteiger partial charge in [-0.15, -0.1) is 0 Å². The van der Waals surface area contributed by atoms with Gasteiger partial charge in [0, 0.05) is 0 Å². The number of nitrogens with one attached hydrogen (secondary N) is 1. The van der Waals surface area contributed by atoms with E-state index in [0.717, 1.165) is 0 Å². The minimum absolute atomic E-state index is 0.0231. The van der Waals surface area contributed by atoms with Crippen LogP contribution in [-0.4, -0.2) is 23.9 Å². The molecule has 1 rings (SSSR count). The molecule has 1 atom stereocenters. The number of hydrogen-bond donors (Lipinski definition) is 2. The number of H-pyrrole nitrogens is 1. The number of nitrogens with zero attached hydrogens (tertiary/aromatic N) is 2. The Morgan fingerprint density at radius 3 is 2.88 bits per heavy atom. The molecule has 1 unspecified atom stereocenters. The van der Waals surface area contributed by atoms with Crippen molar-refractivity contribution in [1.82, 2.24) is 15.2 Å². The Morgan fingerprint density at radius 2 is 2.62 bits per heavy atom. The first kappa shape index (κ1) is 5.39. The fraction of sp³-hybridized carbons (Fsp3) is 0. The van der Waals surface area contributed by atoms with E-state index in [1.165, 1.54) is 6.33 Å². The van der Waals surface area contributed by atoms with Gasteiger partial charge in [0.1, 0.15) is 6.33 Å². The summed E-state index contributed by atoms with van der Waals surface area (Å²) >= 11 is -2.03. The molecule has 1 heterocycles. The van der Waals surface area contributed by atoms with Gasteiger partial charge in [-0.05, 0) is 0 Å². The lowest BCUT2D eigenvalue weighted by molar-refractivity contribution is 0.555. The number of hydrogen-bond acceptors (Lipinski definition) is 3. The van der Waals surface area contributed by atoms with Crippen LogP contribution in [0.2, 0.25) is 0 Å². The lowest BCUT2D eigenvalue weighted by atomic mass is 11.3. The highest BCUT2D eigenvalue weighted by Crippen LogP contribution is 1.87. The van der Waals surface area contributed by atoms with Gasteiger partial charge in [-0.2, -0.15) is 5.10 Å². The molecule has 0 saturated heterocycles. The first-order valence-corrected chi connectivity index (χ1v) is 2.87. The third-order valence-corrected chi connectivity index (χ3v) is 1.09. The Kier molecular flexibility index (Phi) is 1.36. The predicted octanol–water partition coefficient (Wildman–Crippen LogP) is -0.615. The fourth-order valence-corrected chi connectivity index (χ4v) is 0.547. The summed E-state index contributed by atoms with van der Waals surface area (Å²) in [6.07, 6.45) is 1.17.